The molecule has 3 aromatic carbocycles. The van der Waals surface area contributed by atoms with Crippen molar-refractivity contribution in [1.29, 1.82) is 0 Å². The minimum Gasteiger partial charge on any atom is -0.490 e. The minimum atomic E-state index is -0.279. The molecule has 4 rings (SSSR count). The van der Waals surface area contributed by atoms with Gasteiger partial charge in [0.15, 0.2) is 0 Å². The first-order chi connectivity index (χ1) is 16.1. The van der Waals surface area contributed by atoms with E-state index in [1.807, 2.05) is 36.4 Å². The van der Waals surface area contributed by atoms with Crippen LogP contribution in [0.15, 0.2) is 72.8 Å². The number of carbonyl (C=O) groups excluding carboxylic acids is 1. The fourth-order valence-electron chi connectivity index (χ4n) is 4.09. The molecule has 0 aromatic heterocycles. The molecule has 1 saturated heterocycles. The van der Waals surface area contributed by atoms with Crippen LogP contribution in [0.25, 0.3) is 0 Å². The number of nitrogens with two attached hydrogens (primary N) is 1. The molecule has 1 aliphatic heterocycles. The summed E-state index contributed by atoms with van der Waals surface area (Å²) in [6, 6.07) is 24.7. The first-order valence-corrected chi connectivity index (χ1v) is 11.6. The maximum atomic E-state index is 10.9. The third-order valence-corrected chi connectivity index (χ3v) is 6.12. The second kappa shape index (κ2) is 10.9. The molecule has 1 amide bonds. The molecule has 0 aliphatic carbocycles. The molecule has 0 atom stereocenters. The fraction of sp³-hybridized carbons (Fsp3) is 0.321. The molecular weight excluding hydrogens is 412 g/mol. The van der Waals surface area contributed by atoms with Crippen molar-refractivity contribution in [3.8, 4) is 11.5 Å². The number of ether oxygens (including phenoxy) is 2. The Balaban J connectivity index is 1.23. The second-order valence-corrected chi connectivity index (χ2v) is 8.64. The first kappa shape index (κ1) is 22.7. The van der Waals surface area contributed by atoms with E-state index in [2.05, 4.69) is 48.2 Å². The Kier molecular flexibility index (Phi) is 7.51. The highest BCUT2D eigenvalue weighted by atomic mass is 16.5. The molecule has 1 aliphatic rings. The van der Waals surface area contributed by atoms with Crippen LogP contribution in [-0.4, -0.2) is 25.1 Å². The van der Waals surface area contributed by atoms with Crippen LogP contribution < -0.4 is 20.1 Å². The number of hydrogen-bond acceptors (Lipinski definition) is 4. The van der Waals surface area contributed by atoms with E-state index in [-0.39, 0.29) is 12.0 Å². The molecule has 5 nitrogen and oxygen atoms in total. The van der Waals surface area contributed by atoms with Gasteiger partial charge in [0.2, 0.25) is 5.91 Å². The fourth-order valence-corrected chi connectivity index (χ4v) is 4.09. The van der Waals surface area contributed by atoms with E-state index >= 15 is 0 Å². The van der Waals surface area contributed by atoms with E-state index in [1.54, 1.807) is 0 Å². The lowest BCUT2D eigenvalue weighted by molar-refractivity contribution is -0.117. The summed E-state index contributed by atoms with van der Waals surface area (Å²) in [4.78, 5) is 13.3. The number of aryl methyl sites for hydroxylation is 2. The molecule has 3 aromatic rings. The molecule has 0 unspecified atom stereocenters. The standard InChI is InChI=1S/C28H32N2O3/c1-21-4-2-3-5-27(21)33-26-16-18-30(19-17-26)24-11-6-23(7-12-24)20-32-25-13-8-22(9-14-25)10-15-28(29)31/h2-9,11-14,26H,10,15-20H2,1H3,(H2,29,31). The van der Waals surface area contributed by atoms with Crippen molar-refractivity contribution in [2.45, 2.75) is 45.3 Å². The smallest absolute Gasteiger partial charge is 0.217 e. The van der Waals surface area contributed by atoms with Gasteiger partial charge in [0.05, 0.1) is 0 Å². The van der Waals surface area contributed by atoms with Crippen molar-refractivity contribution >= 4 is 11.6 Å². The van der Waals surface area contributed by atoms with Gasteiger partial charge in [-0.2, -0.15) is 0 Å². The molecule has 0 bridgehead atoms. The average Bonchev–Trinajstić information content (AvgIpc) is 2.84. The molecule has 2 N–H and O–H groups in total. The van der Waals surface area contributed by atoms with Gasteiger partial charge in [-0.05, 0) is 60.4 Å². The van der Waals surface area contributed by atoms with Crippen LogP contribution in [0.4, 0.5) is 5.69 Å². The topological polar surface area (TPSA) is 64.8 Å². The number of carbonyl (C=O) groups is 1. The van der Waals surface area contributed by atoms with Crippen LogP contribution >= 0.6 is 0 Å². The van der Waals surface area contributed by atoms with Crippen LogP contribution in [0.1, 0.15) is 36.0 Å². The summed E-state index contributed by atoms with van der Waals surface area (Å²) in [5.41, 5.74) is 9.86. The van der Waals surface area contributed by atoms with Gasteiger partial charge < -0.3 is 20.1 Å². The minimum absolute atomic E-state index is 0.275. The Morgan fingerprint density at radius 3 is 2.27 bits per heavy atom. The van der Waals surface area contributed by atoms with E-state index in [0.29, 0.717) is 19.4 Å². The maximum absolute atomic E-state index is 10.9. The highest BCUT2D eigenvalue weighted by molar-refractivity contribution is 5.74. The lowest BCUT2D eigenvalue weighted by atomic mass is 10.1. The summed E-state index contributed by atoms with van der Waals surface area (Å²) in [5.74, 6) is 1.54. The van der Waals surface area contributed by atoms with Crippen molar-refractivity contribution < 1.29 is 14.3 Å². The van der Waals surface area contributed by atoms with Crippen molar-refractivity contribution in [2.24, 2.45) is 5.73 Å². The molecule has 0 spiro atoms. The van der Waals surface area contributed by atoms with E-state index in [9.17, 15) is 4.79 Å². The lowest BCUT2D eigenvalue weighted by Crippen LogP contribution is -2.38. The van der Waals surface area contributed by atoms with Gasteiger partial charge in [0.25, 0.3) is 0 Å². The normalized spacial score (nSPS) is 14.2. The predicted octanol–water partition coefficient (Wildman–Crippen LogP) is 5.04. The van der Waals surface area contributed by atoms with Crippen molar-refractivity contribution in [2.75, 3.05) is 18.0 Å². The Morgan fingerprint density at radius 2 is 1.61 bits per heavy atom. The van der Waals surface area contributed by atoms with Crippen LogP contribution in [0, 0.1) is 6.92 Å². The number of anilines is 1. The molecule has 172 valence electrons. The Hall–Kier alpha value is -3.47. The average molecular weight is 445 g/mol. The monoisotopic (exact) mass is 444 g/mol. The molecule has 0 radical (unpaired) electrons. The van der Waals surface area contributed by atoms with Crippen molar-refractivity contribution in [3.05, 3.63) is 89.5 Å². The maximum Gasteiger partial charge on any atom is 0.217 e. The van der Waals surface area contributed by atoms with Gasteiger partial charge in [0.1, 0.15) is 24.2 Å². The summed E-state index contributed by atoms with van der Waals surface area (Å²) in [6.45, 7) is 4.60. The number of nitrogens with zero attached hydrogens (tertiary/aromatic N) is 1. The molecule has 1 fully saturated rings. The zero-order chi connectivity index (χ0) is 23.0. The summed E-state index contributed by atoms with van der Waals surface area (Å²) >= 11 is 0. The number of benzene rings is 3. The Bertz CT molecular complexity index is 1040. The first-order valence-electron chi connectivity index (χ1n) is 11.6. The Morgan fingerprint density at radius 1 is 0.939 bits per heavy atom. The quantitative estimate of drug-likeness (QED) is 0.502. The number of primary amides is 1. The number of piperidine rings is 1. The van der Waals surface area contributed by atoms with Gasteiger partial charge >= 0.3 is 0 Å². The zero-order valence-corrected chi connectivity index (χ0v) is 19.2. The summed E-state index contributed by atoms with van der Waals surface area (Å²) < 4.78 is 12.1. The van der Waals surface area contributed by atoms with Crippen LogP contribution in [0.2, 0.25) is 0 Å². The predicted molar refractivity (Wildman–Crippen MR) is 132 cm³/mol. The third kappa shape index (κ3) is 6.51. The number of amides is 1. The number of rotatable bonds is 9. The van der Waals surface area contributed by atoms with Gasteiger partial charge in [-0.1, -0.05) is 42.5 Å². The van der Waals surface area contributed by atoms with E-state index in [0.717, 1.165) is 48.6 Å². The summed E-state index contributed by atoms with van der Waals surface area (Å²) in [6.07, 6.45) is 3.34. The van der Waals surface area contributed by atoms with Crippen LogP contribution in [0.5, 0.6) is 11.5 Å². The van der Waals surface area contributed by atoms with Gasteiger partial charge in [-0.25, -0.2) is 0 Å². The molecule has 1 heterocycles. The van der Waals surface area contributed by atoms with Gasteiger partial charge in [-0.15, -0.1) is 0 Å². The summed E-state index contributed by atoms with van der Waals surface area (Å²) in [5, 5.41) is 0. The van der Waals surface area contributed by atoms with E-state index in [4.69, 9.17) is 15.2 Å². The molecule has 33 heavy (non-hydrogen) atoms. The molecule has 5 heteroatoms. The SMILES string of the molecule is Cc1ccccc1OC1CCN(c2ccc(COc3ccc(CCC(N)=O)cc3)cc2)CC1. The lowest BCUT2D eigenvalue weighted by Gasteiger charge is -2.34. The van der Waals surface area contributed by atoms with Gasteiger partial charge in [0, 0.05) is 38.0 Å². The number of hydrogen-bond donors (Lipinski definition) is 1. The summed E-state index contributed by atoms with van der Waals surface area (Å²) in [7, 11) is 0. The largest absolute Gasteiger partial charge is 0.490 e. The van der Waals surface area contributed by atoms with Crippen molar-refractivity contribution in [1.82, 2.24) is 0 Å². The molecular formula is C28H32N2O3. The third-order valence-electron chi connectivity index (χ3n) is 6.12. The zero-order valence-electron chi connectivity index (χ0n) is 19.2. The van der Waals surface area contributed by atoms with Gasteiger partial charge in [-0.3, -0.25) is 4.79 Å². The van der Waals surface area contributed by atoms with Crippen molar-refractivity contribution in [3.63, 3.8) is 0 Å². The van der Waals surface area contributed by atoms with E-state index in [1.165, 1.54) is 11.3 Å². The number of para-hydroxylation sites is 1. The highest BCUT2D eigenvalue weighted by Crippen LogP contribution is 2.25. The van der Waals surface area contributed by atoms with Crippen LogP contribution in [-0.2, 0) is 17.8 Å². The van der Waals surface area contributed by atoms with E-state index < -0.39 is 0 Å². The Labute approximate surface area is 196 Å². The van der Waals surface area contributed by atoms with Crippen LogP contribution in [0.3, 0.4) is 0 Å². The highest BCUT2D eigenvalue weighted by Gasteiger charge is 2.21. The molecule has 0 saturated carbocycles. The second-order valence-electron chi connectivity index (χ2n) is 8.64.